The first-order valence-electron chi connectivity index (χ1n) is 4.34. The van der Waals surface area contributed by atoms with Crippen molar-refractivity contribution in [3.05, 3.63) is 16.1 Å². The topological polar surface area (TPSA) is 30.0 Å². The van der Waals surface area contributed by atoms with E-state index in [-0.39, 0.29) is 11.2 Å². The van der Waals surface area contributed by atoms with Crippen molar-refractivity contribution in [2.75, 3.05) is 0 Å². The quantitative estimate of drug-likeness (QED) is 0.729. The maximum Gasteiger partial charge on any atom is 0.136 e. The van der Waals surface area contributed by atoms with Crippen LogP contribution < -0.4 is 0 Å². The SMILES string of the molecule is CC(=O)Cc1ncc(C(C)(C)C)s1. The highest BCUT2D eigenvalue weighted by Crippen LogP contribution is 2.27. The van der Waals surface area contributed by atoms with Crippen LogP contribution in [-0.4, -0.2) is 10.8 Å². The van der Waals surface area contributed by atoms with E-state index >= 15 is 0 Å². The van der Waals surface area contributed by atoms with E-state index in [0.717, 1.165) is 5.01 Å². The summed E-state index contributed by atoms with van der Waals surface area (Å²) in [6.07, 6.45) is 2.35. The van der Waals surface area contributed by atoms with Gasteiger partial charge in [-0.15, -0.1) is 11.3 Å². The molecule has 3 heteroatoms. The molecule has 72 valence electrons. The fourth-order valence-corrected chi connectivity index (χ4v) is 2.00. The third kappa shape index (κ3) is 2.92. The van der Waals surface area contributed by atoms with E-state index < -0.39 is 0 Å². The predicted octanol–water partition coefficient (Wildman–Crippen LogP) is 2.57. The van der Waals surface area contributed by atoms with Crippen LogP contribution in [-0.2, 0) is 16.6 Å². The maximum atomic E-state index is 10.8. The van der Waals surface area contributed by atoms with E-state index in [1.165, 1.54) is 4.88 Å². The van der Waals surface area contributed by atoms with E-state index in [1.807, 2.05) is 6.20 Å². The molecule has 1 aromatic heterocycles. The lowest BCUT2D eigenvalue weighted by atomic mass is 9.96. The van der Waals surface area contributed by atoms with Gasteiger partial charge < -0.3 is 0 Å². The van der Waals surface area contributed by atoms with Crippen LogP contribution in [0.15, 0.2) is 6.20 Å². The molecule has 0 fully saturated rings. The third-order valence-electron chi connectivity index (χ3n) is 1.69. The maximum absolute atomic E-state index is 10.8. The lowest BCUT2D eigenvalue weighted by molar-refractivity contribution is -0.116. The van der Waals surface area contributed by atoms with E-state index in [9.17, 15) is 4.79 Å². The number of thiazole rings is 1. The highest BCUT2D eigenvalue weighted by atomic mass is 32.1. The zero-order valence-corrected chi connectivity index (χ0v) is 9.36. The van der Waals surface area contributed by atoms with Gasteiger partial charge in [-0.05, 0) is 12.3 Å². The van der Waals surface area contributed by atoms with Gasteiger partial charge in [0.1, 0.15) is 10.8 Å². The van der Waals surface area contributed by atoms with Crippen molar-refractivity contribution in [1.82, 2.24) is 4.98 Å². The molecule has 0 aliphatic heterocycles. The molecule has 1 heterocycles. The molecule has 1 aromatic rings. The molecule has 0 saturated heterocycles. The number of aromatic nitrogens is 1. The number of ketones is 1. The smallest absolute Gasteiger partial charge is 0.136 e. The first-order valence-corrected chi connectivity index (χ1v) is 5.16. The van der Waals surface area contributed by atoms with Gasteiger partial charge >= 0.3 is 0 Å². The largest absolute Gasteiger partial charge is 0.300 e. The molecule has 0 bridgehead atoms. The van der Waals surface area contributed by atoms with Crippen LogP contribution in [0.3, 0.4) is 0 Å². The highest BCUT2D eigenvalue weighted by molar-refractivity contribution is 7.11. The van der Waals surface area contributed by atoms with Gasteiger partial charge in [0, 0.05) is 11.1 Å². The van der Waals surface area contributed by atoms with Crippen LogP contribution in [0.5, 0.6) is 0 Å². The summed E-state index contributed by atoms with van der Waals surface area (Å²) in [5.74, 6) is 0.176. The minimum atomic E-state index is 0.146. The molecule has 0 aromatic carbocycles. The van der Waals surface area contributed by atoms with Crippen molar-refractivity contribution in [2.24, 2.45) is 0 Å². The Labute approximate surface area is 83.0 Å². The summed E-state index contributed by atoms with van der Waals surface area (Å²) in [7, 11) is 0. The summed E-state index contributed by atoms with van der Waals surface area (Å²) in [6.45, 7) is 8.05. The third-order valence-corrected chi connectivity index (χ3v) is 3.12. The zero-order chi connectivity index (χ0) is 10.1. The minimum Gasteiger partial charge on any atom is -0.300 e. The van der Waals surface area contributed by atoms with Gasteiger partial charge in [-0.3, -0.25) is 4.79 Å². The van der Waals surface area contributed by atoms with Gasteiger partial charge in [0.15, 0.2) is 0 Å². The molecular weight excluding hydrogens is 182 g/mol. The lowest BCUT2D eigenvalue weighted by Crippen LogP contribution is -2.07. The van der Waals surface area contributed by atoms with Crippen LogP contribution in [0.4, 0.5) is 0 Å². The Morgan fingerprint density at radius 2 is 2.15 bits per heavy atom. The lowest BCUT2D eigenvalue weighted by Gasteiger charge is -2.14. The molecular formula is C10H15NOS. The number of hydrogen-bond donors (Lipinski definition) is 0. The number of hydrogen-bond acceptors (Lipinski definition) is 3. The Balaban J connectivity index is 2.81. The molecule has 2 nitrogen and oxygen atoms in total. The molecule has 13 heavy (non-hydrogen) atoms. The molecule has 0 saturated carbocycles. The van der Waals surface area contributed by atoms with Crippen LogP contribution in [0.25, 0.3) is 0 Å². The van der Waals surface area contributed by atoms with Crippen LogP contribution >= 0.6 is 11.3 Å². The number of nitrogens with zero attached hydrogens (tertiary/aromatic N) is 1. The molecule has 0 amide bonds. The van der Waals surface area contributed by atoms with Crippen molar-refractivity contribution >= 4 is 17.1 Å². The Hall–Kier alpha value is -0.700. The monoisotopic (exact) mass is 197 g/mol. The zero-order valence-electron chi connectivity index (χ0n) is 8.55. The summed E-state index contributed by atoms with van der Waals surface area (Å²) < 4.78 is 0. The Morgan fingerprint density at radius 1 is 1.54 bits per heavy atom. The van der Waals surface area contributed by atoms with Gasteiger partial charge in [-0.1, -0.05) is 20.8 Å². The van der Waals surface area contributed by atoms with Crippen molar-refractivity contribution in [3.63, 3.8) is 0 Å². The van der Waals surface area contributed by atoms with E-state index in [4.69, 9.17) is 0 Å². The molecule has 1 rings (SSSR count). The van der Waals surface area contributed by atoms with Crippen LogP contribution in [0.2, 0.25) is 0 Å². The van der Waals surface area contributed by atoms with Gasteiger partial charge in [0.05, 0.1) is 6.42 Å². The second-order valence-electron chi connectivity index (χ2n) is 4.25. The van der Waals surface area contributed by atoms with Gasteiger partial charge in [0.25, 0.3) is 0 Å². The number of Topliss-reactive ketones (excluding diaryl/α,β-unsaturated/α-hetero) is 1. The fraction of sp³-hybridized carbons (Fsp3) is 0.600. The second-order valence-corrected chi connectivity index (χ2v) is 5.36. The average Bonchev–Trinajstić information content (AvgIpc) is 2.32. The van der Waals surface area contributed by atoms with Gasteiger partial charge in [0.2, 0.25) is 0 Å². The van der Waals surface area contributed by atoms with Crippen molar-refractivity contribution in [3.8, 4) is 0 Å². The summed E-state index contributed by atoms with van der Waals surface area (Å²) in [6, 6.07) is 0. The van der Waals surface area contributed by atoms with Crippen LogP contribution in [0, 0.1) is 0 Å². The molecule has 0 atom stereocenters. The van der Waals surface area contributed by atoms with Crippen LogP contribution in [0.1, 0.15) is 37.6 Å². The first-order chi connectivity index (χ1) is 5.89. The Morgan fingerprint density at radius 3 is 2.54 bits per heavy atom. The highest BCUT2D eigenvalue weighted by Gasteiger charge is 2.17. The molecule has 0 aliphatic rings. The Kier molecular flexibility index (Phi) is 2.86. The average molecular weight is 197 g/mol. The van der Waals surface area contributed by atoms with Gasteiger partial charge in [-0.25, -0.2) is 4.98 Å². The second kappa shape index (κ2) is 3.58. The van der Waals surface area contributed by atoms with E-state index in [2.05, 4.69) is 25.8 Å². The van der Waals surface area contributed by atoms with Crippen molar-refractivity contribution in [1.29, 1.82) is 0 Å². The fourth-order valence-electron chi connectivity index (χ4n) is 0.952. The summed E-state index contributed by atoms with van der Waals surface area (Å²) in [4.78, 5) is 16.3. The Bertz CT molecular complexity index is 309. The number of rotatable bonds is 2. The standard InChI is InChI=1S/C10H15NOS/c1-7(12)5-9-11-6-8(13-9)10(2,3)4/h6H,5H2,1-4H3. The molecule has 0 radical (unpaired) electrons. The summed E-state index contributed by atoms with van der Waals surface area (Å²) >= 11 is 1.64. The van der Waals surface area contributed by atoms with Gasteiger partial charge in [-0.2, -0.15) is 0 Å². The summed E-state index contributed by atoms with van der Waals surface area (Å²) in [5.41, 5.74) is 0.146. The first kappa shape index (κ1) is 10.4. The normalized spacial score (nSPS) is 11.7. The van der Waals surface area contributed by atoms with Crippen molar-refractivity contribution in [2.45, 2.75) is 39.5 Å². The van der Waals surface area contributed by atoms with E-state index in [1.54, 1.807) is 18.3 Å². The number of carbonyl (C=O) groups excluding carboxylic acids is 1. The molecule has 0 unspecified atom stereocenters. The number of carbonyl (C=O) groups is 1. The van der Waals surface area contributed by atoms with E-state index in [0.29, 0.717) is 6.42 Å². The predicted molar refractivity (Wildman–Crippen MR) is 55.2 cm³/mol. The molecule has 0 N–H and O–H groups in total. The van der Waals surface area contributed by atoms with Crippen molar-refractivity contribution < 1.29 is 4.79 Å². The molecule has 0 aliphatic carbocycles. The molecule has 0 spiro atoms. The minimum absolute atomic E-state index is 0.146. The summed E-state index contributed by atoms with van der Waals surface area (Å²) in [5, 5.41) is 0.928.